The Bertz CT molecular complexity index is 475. The van der Waals surface area contributed by atoms with Crippen molar-refractivity contribution in [2.45, 2.75) is 30.9 Å². The fourth-order valence-electron chi connectivity index (χ4n) is 1.55. The van der Waals surface area contributed by atoms with Gasteiger partial charge in [0.05, 0.1) is 16.0 Å². The summed E-state index contributed by atoms with van der Waals surface area (Å²) in [4.78, 5) is 23.7. The lowest BCUT2D eigenvalue weighted by Crippen LogP contribution is -2.32. The van der Waals surface area contributed by atoms with Crippen LogP contribution in [-0.2, 0) is 0 Å². The van der Waals surface area contributed by atoms with Gasteiger partial charge in [-0.15, -0.1) is 11.6 Å². The molecule has 0 bridgehead atoms. The molecule has 0 spiro atoms. The summed E-state index contributed by atoms with van der Waals surface area (Å²) in [7, 11) is 0. The molecule has 0 fully saturated rings. The molecule has 0 N–H and O–H groups in total. The molecule has 1 aromatic carbocycles. The van der Waals surface area contributed by atoms with E-state index >= 15 is 0 Å². The summed E-state index contributed by atoms with van der Waals surface area (Å²) < 4.78 is 1.21. The number of carbonyl (C=O) groups is 2. The van der Waals surface area contributed by atoms with Gasteiger partial charge in [0.25, 0.3) is 11.8 Å². The zero-order chi connectivity index (χ0) is 13.5. The quantitative estimate of drug-likeness (QED) is 0.485. The van der Waals surface area contributed by atoms with Crippen molar-refractivity contribution >= 4 is 35.4 Å². The van der Waals surface area contributed by atoms with Gasteiger partial charge in [-0.3, -0.25) is 9.59 Å². The zero-order valence-corrected chi connectivity index (χ0v) is 12.0. The Morgan fingerprint density at radius 3 is 2.00 bits per heavy atom. The van der Waals surface area contributed by atoms with Crippen LogP contribution in [0.4, 0.5) is 0 Å². The van der Waals surface area contributed by atoms with Gasteiger partial charge in [-0.05, 0) is 44.9 Å². The Labute approximate surface area is 116 Å². The average molecular weight is 284 g/mol. The van der Waals surface area contributed by atoms with Gasteiger partial charge in [-0.1, -0.05) is 12.1 Å². The van der Waals surface area contributed by atoms with E-state index < -0.39 is 4.87 Å². The van der Waals surface area contributed by atoms with Gasteiger partial charge >= 0.3 is 0 Å². The number of fused-ring (bicyclic) bond motifs is 1. The van der Waals surface area contributed by atoms with Gasteiger partial charge in [-0.2, -0.15) is 0 Å². The highest BCUT2D eigenvalue weighted by atomic mass is 35.5. The number of benzene rings is 1. The van der Waals surface area contributed by atoms with E-state index in [9.17, 15) is 9.59 Å². The van der Waals surface area contributed by atoms with Gasteiger partial charge in [-0.25, -0.2) is 4.31 Å². The Morgan fingerprint density at radius 1 is 1.17 bits per heavy atom. The number of halogens is 1. The first-order valence-corrected chi connectivity index (χ1v) is 6.87. The molecule has 2 amide bonds. The van der Waals surface area contributed by atoms with E-state index in [0.717, 1.165) is 0 Å². The molecule has 0 saturated carbocycles. The van der Waals surface area contributed by atoms with Crippen molar-refractivity contribution in [3.8, 4) is 0 Å². The lowest BCUT2D eigenvalue weighted by Gasteiger charge is -2.26. The molecular formula is C13H14ClNO2S. The van der Waals surface area contributed by atoms with E-state index in [0.29, 0.717) is 11.1 Å². The van der Waals surface area contributed by atoms with Crippen LogP contribution in [0.15, 0.2) is 24.3 Å². The predicted molar refractivity (Wildman–Crippen MR) is 73.9 cm³/mol. The third-order valence-corrected chi connectivity index (χ3v) is 4.89. The fourth-order valence-corrected chi connectivity index (χ4v) is 2.62. The Hall–Kier alpha value is -1.00. The third-order valence-electron chi connectivity index (χ3n) is 2.99. The molecule has 0 radical (unpaired) electrons. The van der Waals surface area contributed by atoms with E-state index in [-0.39, 0.29) is 17.1 Å². The molecule has 1 atom stereocenters. The SMILES string of the molecule is CC(SN1C(=O)c2ccccc2C1=O)C(C)(C)Cl. The molecule has 0 aliphatic carbocycles. The summed E-state index contributed by atoms with van der Waals surface area (Å²) in [5, 5.41) is -0.0543. The Morgan fingerprint density at radius 2 is 1.61 bits per heavy atom. The van der Waals surface area contributed by atoms with Crippen molar-refractivity contribution in [3.63, 3.8) is 0 Å². The van der Waals surface area contributed by atoms with Crippen LogP contribution in [0.1, 0.15) is 41.5 Å². The molecule has 2 rings (SSSR count). The maximum Gasteiger partial charge on any atom is 0.271 e. The minimum Gasteiger partial charge on any atom is -0.268 e. The number of hydrogen-bond acceptors (Lipinski definition) is 3. The van der Waals surface area contributed by atoms with Gasteiger partial charge < -0.3 is 0 Å². The highest BCUT2D eigenvalue weighted by Crippen LogP contribution is 2.36. The van der Waals surface area contributed by atoms with Crippen molar-refractivity contribution in [1.82, 2.24) is 4.31 Å². The number of carbonyl (C=O) groups excluding carboxylic acids is 2. The van der Waals surface area contributed by atoms with E-state index in [2.05, 4.69) is 0 Å². The van der Waals surface area contributed by atoms with Crippen LogP contribution in [0.3, 0.4) is 0 Å². The minimum absolute atomic E-state index is 0.0543. The van der Waals surface area contributed by atoms with Crippen LogP contribution in [-0.4, -0.2) is 26.2 Å². The van der Waals surface area contributed by atoms with Crippen molar-refractivity contribution in [3.05, 3.63) is 35.4 Å². The third kappa shape index (κ3) is 2.27. The molecule has 18 heavy (non-hydrogen) atoms. The number of rotatable bonds is 3. The number of alkyl halides is 1. The number of imide groups is 1. The van der Waals surface area contributed by atoms with Gasteiger partial charge in [0.2, 0.25) is 0 Å². The normalized spacial score (nSPS) is 17.0. The standard InChI is InChI=1S/C13H14ClNO2S/c1-8(13(2,3)14)18-15-11(16)9-6-4-5-7-10(9)12(15)17/h4-8H,1-3H3. The molecule has 1 heterocycles. The van der Waals surface area contributed by atoms with Crippen molar-refractivity contribution < 1.29 is 9.59 Å². The molecule has 0 saturated heterocycles. The number of nitrogens with zero attached hydrogens (tertiary/aromatic N) is 1. The van der Waals surface area contributed by atoms with Crippen LogP contribution in [0.5, 0.6) is 0 Å². The molecule has 0 aromatic heterocycles. The first-order chi connectivity index (χ1) is 8.32. The topological polar surface area (TPSA) is 37.4 Å². The van der Waals surface area contributed by atoms with E-state index in [4.69, 9.17) is 11.6 Å². The molecule has 1 aliphatic heterocycles. The van der Waals surface area contributed by atoms with E-state index in [1.165, 1.54) is 16.3 Å². The van der Waals surface area contributed by atoms with E-state index in [1.807, 2.05) is 20.8 Å². The van der Waals surface area contributed by atoms with E-state index in [1.54, 1.807) is 24.3 Å². The van der Waals surface area contributed by atoms with Crippen molar-refractivity contribution in [1.29, 1.82) is 0 Å². The van der Waals surface area contributed by atoms with Crippen LogP contribution >= 0.6 is 23.5 Å². The van der Waals surface area contributed by atoms with Gasteiger partial charge in [0.15, 0.2) is 0 Å². The molecule has 96 valence electrons. The smallest absolute Gasteiger partial charge is 0.268 e. The summed E-state index contributed by atoms with van der Waals surface area (Å²) in [6.07, 6.45) is 0. The zero-order valence-electron chi connectivity index (χ0n) is 10.4. The van der Waals surface area contributed by atoms with Crippen molar-refractivity contribution in [2.24, 2.45) is 0 Å². The van der Waals surface area contributed by atoms with Crippen LogP contribution in [0, 0.1) is 0 Å². The molecule has 1 unspecified atom stereocenters. The Balaban J connectivity index is 2.24. The maximum atomic E-state index is 12.1. The molecule has 1 aromatic rings. The number of hydrogen-bond donors (Lipinski definition) is 0. The lowest BCUT2D eigenvalue weighted by atomic mass is 10.1. The summed E-state index contributed by atoms with van der Waals surface area (Å²) in [6.45, 7) is 5.63. The fraction of sp³-hybridized carbons (Fsp3) is 0.385. The largest absolute Gasteiger partial charge is 0.271 e. The molecule has 5 heteroatoms. The second-order valence-corrected chi connectivity index (χ2v) is 7.02. The van der Waals surface area contributed by atoms with Crippen LogP contribution in [0.25, 0.3) is 0 Å². The molecule has 3 nitrogen and oxygen atoms in total. The first kappa shape index (κ1) is 13.4. The van der Waals surface area contributed by atoms with Crippen molar-refractivity contribution in [2.75, 3.05) is 0 Å². The predicted octanol–water partition coefficient (Wildman–Crippen LogP) is 3.34. The summed E-state index contributed by atoms with van der Waals surface area (Å²) in [6, 6.07) is 6.86. The van der Waals surface area contributed by atoms with Crippen LogP contribution < -0.4 is 0 Å². The monoisotopic (exact) mass is 283 g/mol. The van der Waals surface area contributed by atoms with Gasteiger partial charge in [0, 0.05) is 5.25 Å². The Kier molecular flexibility index (Phi) is 3.43. The second kappa shape index (κ2) is 4.59. The lowest BCUT2D eigenvalue weighted by molar-refractivity contribution is 0.0776. The summed E-state index contributed by atoms with van der Waals surface area (Å²) in [5.74, 6) is -0.512. The van der Waals surface area contributed by atoms with Crippen LogP contribution in [0.2, 0.25) is 0 Å². The maximum absolute atomic E-state index is 12.1. The second-order valence-electron chi connectivity index (χ2n) is 4.76. The highest BCUT2D eigenvalue weighted by Gasteiger charge is 2.38. The summed E-state index contributed by atoms with van der Waals surface area (Å²) >= 11 is 7.39. The number of amides is 2. The molecule has 1 aliphatic rings. The van der Waals surface area contributed by atoms with Gasteiger partial charge in [0.1, 0.15) is 0 Å². The molecular weight excluding hydrogens is 270 g/mol. The minimum atomic E-state index is -0.486. The average Bonchev–Trinajstić information content (AvgIpc) is 2.54. The highest BCUT2D eigenvalue weighted by molar-refractivity contribution is 7.98. The first-order valence-electron chi connectivity index (χ1n) is 5.66. The summed E-state index contributed by atoms with van der Waals surface area (Å²) in [5.41, 5.74) is 0.934.